The average molecular weight is 297 g/mol. The van der Waals surface area contributed by atoms with Gasteiger partial charge in [-0.2, -0.15) is 0 Å². The van der Waals surface area contributed by atoms with Crippen molar-refractivity contribution >= 4 is 23.0 Å². The Morgan fingerprint density at radius 3 is 1.86 bits per heavy atom. The Hall–Kier alpha value is -2.71. The number of carbonyl (C=O) groups is 1. The van der Waals surface area contributed by atoms with E-state index in [-0.39, 0.29) is 5.69 Å². The molecule has 0 aromatic heterocycles. The molecule has 0 radical (unpaired) electrons. The summed E-state index contributed by atoms with van der Waals surface area (Å²) in [5.41, 5.74) is -1.95. The van der Waals surface area contributed by atoms with Crippen LogP contribution in [0.3, 0.4) is 0 Å². The third kappa shape index (κ3) is 3.65. The fourth-order valence-electron chi connectivity index (χ4n) is 1.47. The van der Waals surface area contributed by atoms with Crippen LogP contribution in [0, 0.1) is 25.6 Å². The molecule has 0 aliphatic rings. The van der Waals surface area contributed by atoms with Gasteiger partial charge in [-0.05, 0) is 0 Å². The number of benzene rings is 1. The Morgan fingerprint density at radius 1 is 1.14 bits per heavy atom. The fourth-order valence-corrected chi connectivity index (χ4v) is 1.47. The Kier molecular flexibility index (Phi) is 4.46. The molecule has 0 saturated carbocycles. The molecule has 0 atom stereocenters. The van der Waals surface area contributed by atoms with Crippen molar-refractivity contribution < 1.29 is 19.4 Å². The highest BCUT2D eigenvalue weighted by molar-refractivity contribution is 5.95. The first kappa shape index (κ1) is 16.3. The summed E-state index contributed by atoms with van der Waals surface area (Å²) in [4.78, 5) is 32.2. The minimum absolute atomic E-state index is 0.0332. The minimum Gasteiger partial charge on any atom is -0.485 e. The largest absolute Gasteiger partial charge is 0.485 e. The van der Waals surface area contributed by atoms with Crippen LogP contribution < -0.4 is 10.1 Å². The van der Waals surface area contributed by atoms with Crippen LogP contribution >= 0.6 is 0 Å². The highest BCUT2D eigenvalue weighted by Gasteiger charge is 2.29. The zero-order valence-corrected chi connectivity index (χ0v) is 12.0. The van der Waals surface area contributed by atoms with Crippen LogP contribution in [0.4, 0.5) is 17.1 Å². The van der Waals surface area contributed by atoms with Crippen LogP contribution in [0.2, 0.25) is 0 Å². The molecule has 1 aromatic rings. The number of nitro benzene ring substituents is 2. The van der Waals surface area contributed by atoms with Gasteiger partial charge in [0.05, 0.1) is 22.6 Å². The molecule has 0 fully saturated rings. The molecule has 1 rings (SSSR count). The summed E-state index contributed by atoms with van der Waals surface area (Å²) in [6, 6.07) is 2.05. The van der Waals surface area contributed by atoms with Crippen LogP contribution in [0.1, 0.15) is 20.8 Å². The summed E-state index contributed by atoms with van der Waals surface area (Å²) in [5.74, 6) is -0.880. The number of nitrogens with zero attached hydrogens (tertiary/aromatic N) is 2. The molecule has 1 amide bonds. The van der Waals surface area contributed by atoms with E-state index in [1.807, 2.05) is 0 Å². The molecule has 9 nitrogen and oxygen atoms in total. The average Bonchev–Trinajstić information content (AvgIpc) is 2.36. The maximum Gasteiger partial charge on any atom is 0.320 e. The second-order valence-electron chi connectivity index (χ2n) is 5.27. The molecule has 0 spiro atoms. The van der Waals surface area contributed by atoms with Crippen LogP contribution in [0.5, 0.6) is 5.75 Å². The molecule has 1 N–H and O–H groups in total. The topological polar surface area (TPSA) is 125 Å². The molecule has 0 aliphatic heterocycles. The van der Waals surface area contributed by atoms with Crippen molar-refractivity contribution in [1.29, 1.82) is 0 Å². The molecule has 0 saturated heterocycles. The normalized spacial score (nSPS) is 10.9. The number of amides is 1. The number of anilines is 1. The summed E-state index contributed by atoms with van der Waals surface area (Å²) in [5, 5.41) is 24.4. The molecular weight excluding hydrogens is 282 g/mol. The number of methoxy groups -OCH3 is 1. The van der Waals surface area contributed by atoms with Crippen molar-refractivity contribution in [1.82, 2.24) is 0 Å². The maximum absolute atomic E-state index is 11.9. The van der Waals surface area contributed by atoms with E-state index in [2.05, 4.69) is 5.32 Å². The lowest BCUT2D eigenvalue weighted by molar-refractivity contribution is -0.395. The van der Waals surface area contributed by atoms with E-state index >= 15 is 0 Å². The van der Waals surface area contributed by atoms with Crippen molar-refractivity contribution in [2.75, 3.05) is 12.4 Å². The molecule has 1 aromatic carbocycles. The summed E-state index contributed by atoms with van der Waals surface area (Å²) >= 11 is 0. The SMILES string of the molecule is COc1c([N+](=O)[O-])cc(NC(=O)C(C)(C)C)cc1[N+](=O)[O-]. The first-order chi connectivity index (χ1) is 9.57. The molecule has 0 heterocycles. The fraction of sp³-hybridized carbons (Fsp3) is 0.417. The van der Waals surface area contributed by atoms with Gasteiger partial charge in [0, 0.05) is 17.5 Å². The van der Waals surface area contributed by atoms with Crippen LogP contribution in [-0.2, 0) is 4.79 Å². The molecule has 0 bridgehead atoms. The maximum atomic E-state index is 11.9. The van der Waals surface area contributed by atoms with E-state index in [9.17, 15) is 25.0 Å². The monoisotopic (exact) mass is 297 g/mol. The van der Waals surface area contributed by atoms with Crippen molar-refractivity contribution in [3.8, 4) is 5.75 Å². The van der Waals surface area contributed by atoms with Crippen LogP contribution in [0.15, 0.2) is 12.1 Å². The Balaban J connectivity index is 3.39. The summed E-state index contributed by atoms with van der Waals surface area (Å²) in [6.07, 6.45) is 0. The Bertz CT molecular complexity index is 570. The highest BCUT2D eigenvalue weighted by atomic mass is 16.6. The number of nitro groups is 2. The van der Waals surface area contributed by atoms with Gasteiger partial charge in [-0.15, -0.1) is 0 Å². The highest BCUT2D eigenvalue weighted by Crippen LogP contribution is 2.39. The first-order valence-corrected chi connectivity index (χ1v) is 5.90. The van der Waals surface area contributed by atoms with Gasteiger partial charge in [-0.25, -0.2) is 0 Å². The lowest BCUT2D eigenvalue weighted by atomic mass is 9.95. The number of nitrogens with one attached hydrogen (secondary N) is 1. The van der Waals surface area contributed by atoms with Crippen molar-refractivity contribution in [2.24, 2.45) is 5.41 Å². The van der Waals surface area contributed by atoms with E-state index < -0.39 is 38.3 Å². The molecule has 0 aliphatic carbocycles. The zero-order valence-electron chi connectivity index (χ0n) is 12.0. The molecule has 9 heteroatoms. The van der Waals surface area contributed by atoms with Gasteiger partial charge in [0.2, 0.25) is 5.91 Å². The second-order valence-corrected chi connectivity index (χ2v) is 5.27. The van der Waals surface area contributed by atoms with E-state index in [1.54, 1.807) is 20.8 Å². The van der Waals surface area contributed by atoms with Crippen molar-refractivity contribution in [3.63, 3.8) is 0 Å². The van der Waals surface area contributed by atoms with Gasteiger partial charge < -0.3 is 10.1 Å². The van der Waals surface area contributed by atoms with E-state index in [4.69, 9.17) is 4.74 Å². The van der Waals surface area contributed by atoms with Gasteiger partial charge in [0.1, 0.15) is 0 Å². The van der Waals surface area contributed by atoms with Crippen molar-refractivity contribution in [2.45, 2.75) is 20.8 Å². The minimum atomic E-state index is -0.807. The molecule has 0 unspecified atom stereocenters. The predicted molar refractivity (Wildman–Crippen MR) is 74.4 cm³/mol. The quantitative estimate of drug-likeness (QED) is 0.672. The van der Waals surface area contributed by atoms with E-state index in [0.717, 1.165) is 19.2 Å². The number of carbonyl (C=O) groups excluding carboxylic acids is 1. The third-order valence-corrected chi connectivity index (χ3v) is 2.59. The summed E-state index contributed by atoms with van der Waals surface area (Å²) in [7, 11) is 1.10. The van der Waals surface area contributed by atoms with Gasteiger partial charge in [-0.1, -0.05) is 20.8 Å². The zero-order chi connectivity index (χ0) is 16.4. The number of rotatable bonds is 4. The van der Waals surface area contributed by atoms with Gasteiger partial charge in [0.25, 0.3) is 5.75 Å². The summed E-state index contributed by atoms with van der Waals surface area (Å²) in [6.45, 7) is 4.94. The van der Waals surface area contributed by atoms with E-state index in [1.165, 1.54) is 0 Å². The van der Waals surface area contributed by atoms with Crippen molar-refractivity contribution in [3.05, 3.63) is 32.4 Å². The van der Waals surface area contributed by atoms with Gasteiger partial charge >= 0.3 is 11.4 Å². The molecule has 21 heavy (non-hydrogen) atoms. The van der Waals surface area contributed by atoms with Crippen LogP contribution in [-0.4, -0.2) is 22.9 Å². The standard InChI is InChI=1S/C12H15N3O6/c1-12(2,3)11(16)13-7-5-8(14(17)18)10(21-4)9(6-7)15(19)20/h5-6H,1-4H3,(H,13,16). The van der Waals surface area contributed by atoms with Crippen LogP contribution in [0.25, 0.3) is 0 Å². The number of ether oxygens (including phenoxy) is 1. The Labute approximate surface area is 120 Å². The third-order valence-electron chi connectivity index (χ3n) is 2.59. The van der Waals surface area contributed by atoms with E-state index in [0.29, 0.717) is 0 Å². The lowest BCUT2D eigenvalue weighted by Crippen LogP contribution is -2.27. The number of hydrogen-bond donors (Lipinski definition) is 1. The smallest absolute Gasteiger partial charge is 0.320 e. The molecular formula is C12H15N3O6. The van der Waals surface area contributed by atoms with Gasteiger partial charge in [-0.3, -0.25) is 25.0 Å². The number of hydrogen-bond acceptors (Lipinski definition) is 6. The van der Waals surface area contributed by atoms with Gasteiger partial charge in [0.15, 0.2) is 0 Å². The molecule has 114 valence electrons. The second kappa shape index (κ2) is 5.73. The summed E-state index contributed by atoms with van der Waals surface area (Å²) < 4.78 is 4.73. The Morgan fingerprint density at radius 2 is 1.57 bits per heavy atom. The first-order valence-electron chi connectivity index (χ1n) is 5.90. The predicted octanol–water partition coefficient (Wildman–Crippen LogP) is 2.50. The lowest BCUT2D eigenvalue weighted by Gasteiger charge is -2.17.